The lowest BCUT2D eigenvalue weighted by Gasteiger charge is -2.15. The van der Waals surface area contributed by atoms with Gasteiger partial charge in [0.2, 0.25) is 0 Å². The lowest BCUT2D eigenvalue weighted by Crippen LogP contribution is -2.02. The van der Waals surface area contributed by atoms with Crippen LogP contribution in [0.5, 0.6) is 0 Å². The van der Waals surface area contributed by atoms with Crippen LogP contribution >= 0.6 is 11.3 Å². The topological polar surface area (TPSA) is 69.4 Å². The second-order valence-corrected chi connectivity index (χ2v) is 16.3. The minimum absolute atomic E-state index is 0.559. The van der Waals surface area contributed by atoms with Gasteiger partial charge >= 0.3 is 0 Å². The summed E-state index contributed by atoms with van der Waals surface area (Å²) in [4.78, 5) is 26.4. The number of aromatic nitrogens is 6. The van der Waals surface area contributed by atoms with Crippen molar-refractivity contribution in [1.29, 1.82) is 0 Å². The zero-order valence-corrected chi connectivity index (χ0v) is 34.0. The Bertz CT molecular complexity index is 3560. The van der Waals surface area contributed by atoms with Gasteiger partial charge in [0, 0.05) is 54.4 Å². The Hall–Kier alpha value is -8.13. The molecule has 62 heavy (non-hydrogen) atoms. The molecule has 0 atom stereocenters. The number of hydrogen-bond acceptors (Lipinski definition) is 6. The van der Waals surface area contributed by atoms with E-state index in [4.69, 9.17) is 24.9 Å². The van der Waals surface area contributed by atoms with Crippen LogP contribution in [0.15, 0.2) is 206 Å². The van der Waals surface area contributed by atoms with Crippen LogP contribution in [0.1, 0.15) is 0 Å². The molecule has 12 aromatic rings. The molecule has 0 aliphatic carbocycles. The Labute approximate surface area is 361 Å². The summed E-state index contributed by atoms with van der Waals surface area (Å²) in [5, 5.41) is 3.42. The molecule has 0 aliphatic rings. The number of thiophene rings is 1. The molecule has 4 heterocycles. The third kappa shape index (κ3) is 6.06. The highest BCUT2D eigenvalue weighted by atomic mass is 32.1. The zero-order valence-electron chi connectivity index (χ0n) is 33.2. The van der Waals surface area contributed by atoms with Crippen molar-refractivity contribution in [2.24, 2.45) is 0 Å². The number of fused-ring (bicyclic) bond motifs is 6. The molecule has 7 heteroatoms. The largest absolute Gasteiger partial charge is 0.309 e. The first-order valence-corrected chi connectivity index (χ1v) is 21.4. The predicted molar refractivity (Wildman–Crippen MR) is 255 cm³/mol. The molecule has 8 aromatic carbocycles. The lowest BCUT2D eigenvalue weighted by molar-refractivity contribution is 1.07. The van der Waals surface area contributed by atoms with E-state index in [2.05, 4.69) is 144 Å². The quantitative estimate of drug-likeness (QED) is 0.160. The maximum Gasteiger partial charge on any atom is 0.164 e. The van der Waals surface area contributed by atoms with Crippen LogP contribution in [0.2, 0.25) is 0 Å². The summed E-state index contributed by atoms with van der Waals surface area (Å²) in [5.41, 5.74) is 11.8. The van der Waals surface area contributed by atoms with Gasteiger partial charge in [0.05, 0.1) is 26.9 Å². The number of hydrogen-bond donors (Lipinski definition) is 0. The first kappa shape index (κ1) is 35.8. The van der Waals surface area contributed by atoms with Crippen molar-refractivity contribution in [2.45, 2.75) is 0 Å². The molecule has 0 fully saturated rings. The van der Waals surface area contributed by atoms with Gasteiger partial charge in [-0.25, -0.2) is 24.9 Å². The molecule has 12 rings (SSSR count). The van der Waals surface area contributed by atoms with Crippen LogP contribution < -0.4 is 0 Å². The molecule has 4 aromatic heterocycles. The molecule has 0 aliphatic heterocycles. The highest BCUT2D eigenvalue weighted by molar-refractivity contribution is 7.26. The molecule has 0 amide bonds. The molecule has 6 nitrogen and oxygen atoms in total. The summed E-state index contributed by atoms with van der Waals surface area (Å²) in [6.07, 6.45) is 0. The van der Waals surface area contributed by atoms with Crippen LogP contribution in [-0.2, 0) is 0 Å². The summed E-state index contributed by atoms with van der Waals surface area (Å²) in [6, 6.07) is 71.5. The van der Waals surface area contributed by atoms with Gasteiger partial charge in [0.25, 0.3) is 0 Å². The Balaban J connectivity index is 1.16. The van der Waals surface area contributed by atoms with Crippen LogP contribution in [0.4, 0.5) is 0 Å². The van der Waals surface area contributed by atoms with E-state index < -0.39 is 0 Å². The predicted octanol–water partition coefficient (Wildman–Crippen LogP) is 14.1. The molecule has 0 unspecified atom stereocenters. The average molecular weight is 811 g/mol. The molecular formula is C55H34N6S. The van der Waals surface area contributed by atoms with Gasteiger partial charge in [0.1, 0.15) is 0 Å². The second kappa shape index (κ2) is 14.9. The fourth-order valence-electron chi connectivity index (χ4n) is 8.64. The zero-order chi connectivity index (χ0) is 41.0. The fourth-order valence-corrected chi connectivity index (χ4v) is 9.80. The fraction of sp³-hybridized carbons (Fsp3) is 0. The maximum absolute atomic E-state index is 5.37. The first-order valence-electron chi connectivity index (χ1n) is 20.6. The summed E-state index contributed by atoms with van der Waals surface area (Å²) < 4.78 is 4.60. The van der Waals surface area contributed by atoms with Crippen LogP contribution in [-0.4, -0.2) is 29.5 Å². The summed E-state index contributed by atoms with van der Waals surface area (Å²) in [6.45, 7) is 0. The second-order valence-electron chi connectivity index (χ2n) is 15.2. The van der Waals surface area contributed by atoms with Gasteiger partial charge in [-0.2, -0.15) is 0 Å². The highest BCUT2D eigenvalue weighted by Gasteiger charge is 2.23. The van der Waals surface area contributed by atoms with Crippen molar-refractivity contribution >= 4 is 53.4 Å². The van der Waals surface area contributed by atoms with Crippen molar-refractivity contribution in [1.82, 2.24) is 29.5 Å². The van der Waals surface area contributed by atoms with E-state index in [0.717, 1.165) is 87.7 Å². The minimum Gasteiger partial charge on any atom is -0.309 e. The van der Waals surface area contributed by atoms with Gasteiger partial charge in [-0.3, -0.25) is 0 Å². The van der Waals surface area contributed by atoms with Crippen LogP contribution in [0.3, 0.4) is 0 Å². The summed E-state index contributed by atoms with van der Waals surface area (Å²) >= 11 is 1.73. The van der Waals surface area contributed by atoms with E-state index in [9.17, 15) is 0 Å². The van der Waals surface area contributed by atoms with Gasteiger partial charge in [0.15, 0.2) is 23.3 Å². The first-order chi connectivity index (χ1) is 30.7. The van der Waals surface area contributed by atoms with Gasteiger partial charge in [-0.1, -0.05) is 170 Å². The van der Waals surface area contributed by atoms with Gasteiger partial charge in [-0.15, -0.1) is 11.3 Å². The van der Waals surface area contributed by atoms with Crippen molar-refractivity contribution in [3.8, 4) is 73.6 Å². The lowest BCUT2D eigenvalue weighted by atomic mass is 9.93. The van der Waals surface area contributed by atoms with Crippen molar-refractivity contribution < 1.29 is 0 Å². The van der Waals surface area contributed by atoms with Crippen LogP contribution in [0.25, 0.3) is 116 Å². The molecular weight excluding hydrogens is 777 g/mol. The van der Waals surface area contributed by atoms with E-state index >= 15 is 0 Å². The minimum atomic E-state index is 0.559. The third-order valence-corrected chi connectivity index (χ3v) is 12.7. The molecule has 0 saturated heterocycles. The molecule has 0 spiro atoms. The Morgan fingerprint density at radius 2 is 0.919 bits per heavy atom. The highest BCUT2D eigenvalue weighted by Crippen LogP contribution is 2.44. The van der Waals surface area contributed by atoms with E-state index in [1.165, 1.54) is 4.70 Å². The Kier molecular flexibility index (Phi) is 8.57. The molecule has 0 radical (unpaired) electrons. The maximum atomic E-state index is 5.37. The van der Waals surface area contributed by atoms with E-state index in [0.29, 0.717) is 23.3 Å². The number of benzene rings is 8. The van der Waals surface area contributed by atoms with E-state index in [1.54, 1.807) is 11.3 Å². The molecule has 0 bridgehead atoms. The number of nitrogens with zero attached hydrogens (tertiary/aromatic N) is 6. The summed E-state index contributed by atoms with van der Waals surface area (Å²) in [5.74, 6) is 2.38. The monoisotopic (exact) mass is 810 g/mol. The summed E-state index contributed by atoms with van der Waals surface area (Å²) in [7, 11) is 0. The molecule has 290 valence electrons. The molecule has 0 saturated carbocycles. The SMILES string of the molecule is c1ccc(-c2nc(-c3ccccc3)nc(-c3cc(-c4nc(-c5ccccc5)c5sc6ccccc6c5n4)ccc3-c3cccc4c3c3ccccc3n4-c3ccccc3)n2)cc1. The number of rotatable bonds is 7. The van der Waals surface area contributed by atoms with Gasteiger partial charge in [-0.05, 0) is 47.5 Å². The van der Waals surface area contributed by atoms with Crippen LogP contribution in [0, 0.1) is 0 Å². The van der Waals surface area contributed by atoms with Crippen molar-refractivity contribution in [2.75, 3.05) is 0 Å². The smallest absolute Gasteiger partial charge is 0.164 e. The van der Waals surface area contributed by atoms with Gasteiger partial charge < -0.3 is 4.57 Å². The van der Waals surface area contributed by atoms with E-state index in [-0.39, 0.29) is 0 Å². The number of para-hydroxylation sites is 2. The van der Waals surface area contributed by atoms with Crippen molar-refractivity contribution in [3.63, 3.8) is 0 Å². The Morgan fingerprint density at radius 3 is 1.63 bits per heavy atom. The van der Waals surface area contributed by atoms with Crippen molar-refractivity contribution in [3.05, 3.63) is 206 Å². The third-order valence-electron chi connectivity index (χ3n) is 11.5. The van der Waals surface area contributed by atoms with E-state index in [1.807, 2.05) is 66.7 Å². The average Bonchev–Trinajstić information content (AvgIpc) is 3.91. The molecule has 0 N–H and O–H groups in total. The standard InChI is InChI=1S/C55H34N6S/c1-5-18-35(19-6-1)49-51-50(43-27-14-16-31-47(43)62-51)57-54(56-49)38-32-33-40(41-28-17-30-46-48(41)42-26-13-15-29-45(42)61(46)39-24-11-4-12-25-39)44(34-38)55-59-52(36-20-7-2-8-21-36)58-53(60-55)37-22-9-3-10-23-37/h1-34H. The Morgan fingerprint density at radius 1 is 0.355 bits per heavy atom. The normalized spacial score (nSPS) is 11.5.